The lowest BCUT2D eigenvalue weighted by Crippen LogP contribution is -2.65. The second-order valence-electron chi connectivity index (χ2n) is 8.09. The molecule has 1 aromatic carbocycles. The molecule has 0 aromatic heterocycles. The number of carbonyl (C=O) groups excluding carboxylic acids is 2. The number of likely N-dealkylation sites (N-methyl/N-ethyl adjacent to an activating group) is 1. The third-order valence-corrected chi connectivity index (χ3v) is 6.67. The van der Waals surface area contributed by atoms with Crippen molar-refractivity contribution >= 4 is 11.9 Å². The van der Waals surface area contributed by atoms with Crippen LogP contribution >= 0.6 is 0 Å². The molecular weight excluding hydrogens is 346 g/mol. The molecule has 2 aliphatic heterocycles. The number of piperidine rings is 1. The topological polar surface area (TPSA) is 65.1 Å². The molecule has 0 saturated carbocycles. The second-order valence-corrected chi connectivity index (χ2v) is 8.09. The van der Waals surface area contributed by atoms with E-state index in [2.05, 4.69) is 24.1 Å². The first kappa shape index (κ1) is 16.8. The van der Waals surface area contributed by atoms with Gasteiger partial charge in [-0.3, -0.25) is 9.59 Å². The monoisotopic (exact) mass is 369 g/mol. The zero-order valence-electron chi connectivity index (χ0n) is 15.7. The van der Waals surface area contributed by atoms with Crippen LogP contribution in [0.4, 0.5) is 0 Å². The lowest BCUT2D eigenvalue weighted by Gasteiger charge is -2.56. The third kappa shape index (κ3) is 2.16. The zero-order valence-corrected chi connectivity index (χ0v) is 15.7. The van der Waals surface area contributed by atoms with E-state index >= 15 is 0 Å². The highest BCUT2D eigenvalue weighted by atomic mass is 16.6. The standard InChI is InChI=1S/C21H23NO5/c1-11(23)25-16-6-4-13-10-15-14-5-7-17(26-12(2)24)20-21(14,8-9-22(15)3)18(13)19(16)27-20/h4-7,14-15,17,20H,8-10H2,1-3H3/t14-,15?,17-,20-,21-/m0/s1. The molecule has 5 atom stereocenters. The fourth-order valence-electron chi connectivity index (χ4n) is 5.74. The molecule has 4 aliphatic rings. The maximum Gasteiger partial charge on any atom is 0.308 e. The van der Waals surface area contributed by atoms with E-state index < -0.39 is 6.10 Å². The van der Waals surface area contributed by atoms with Crippen LogP contribution in [-0.2, 0) is 26.2 Å². The zero-order chi connectivity index (χ0) is 18.9. The first-order chi connectivity index (χ1) is 12.9. The maximum absolute atomic E-state index is 11.7. The summed E-state index contributed by atoms with van der Waals surface area (Å²) >= 11 is 0. The summed E-state index contributed by atoms with van der Waals surface area (Å²) in [5.41, 5.74) is 2.15. The summed E-state index contributed by atoms with van der Waals surface area (Å²) < 4.78 is 17.5. The van der Waals surface area contributed by atoms with E-state index in [1.54, 1.807) is 0 Å². The van der Waals surface area contributed by atoms with Gasteiger partial charge in [-0.2, -0.15) is 0 Å². The molecule has 1 fully saturated rings. The van der Waals surface area contributed by atoms with E-state index in [4.69, 9.17) is 14.2 Å². The molecule has 6 nitrogen and oxygen atoms in total. The van der Waals surface area contributed by atoms with Crippen molar-refractivity contribution in [2.24, 2.45) is 5.92 Å². The first-order valence-corrected chi connectivity index (χ1v) is 9.49. The van der Waals surface area contributed by atoms with Gasteiger partial charge in [-0.15, -0.1) is 0 Å². The van der Waals surface area contributed by atoms with Gasteiger partial charge in [-0.1, -0.05) is 12.1 Å². The van der Waals surface area contributed by atoms with Gasteiger partial charge in [0.1, 0.15) is 6.10 Å². The number of ether oxygens (including phenoxy) is 3. The SMILES string of the molecule is CC(=O)Oc1ccc2c3c1O[C@H]1[C@@H](OC(C)=O)C=C[C@H]4C(C2)N(C)CC[C@@]341. The Labute approximate surface area is 158 Å². The molecule has 5 rings (SSSR count). The Morgan fingerprint density at radius 2 is 2.04 bits per heavy atom. The number of likely N-dealkylation sites (tertiary alicyclic amines) is 1. The average molecular weight is 369 g/mol. The third-order valence-electron chi connectivity index (χ3n) is 6.67. The van der Waals surface area contributed by atoms with Gasteiger partial charge < -0.3 is 19.1 Å². The first-order valence-electron chi connectivity index (χ1n) is 9.49. The molecule has 1 unspecified atom stereocenters. The number of esters is 2. The van der Waals surface area contributed by atoms with Crippen molar-refractivity contribution in [3.05, 3.63) is 35.4 Å². The summed E-state index contributed by atoms with van der Waals surface area (Å²) in [6, 6.07) is 4.28. The van der Waals surface area contributed by atoms with Crippen molar-refractivity contribution < 1.29 is 23.8 Å². The number of nitrogens with zero attached hydrogens (tertiary/aromatic N) is 1. The van der Waals surface area contributed by atoms with Crippen LogP contribution in [0.2, 0.25) is 0 Å². The van der Waals surface area contributed by atoms with Gasteiger partial charge in [0.25, 0.3) is 0 Å². The minimum Gasteiger partial charge on any atom is -0.481 e. The highest BCUT2D eigenvalue weighted by Gasteiger charge is 2.65. The van der Waals surface area contributed by atoms with Gasteiger partial charge in [-0.25, -0.2) is 0 Å². The summed E-state index contributed by atoms with van der Waals surface area (Å²) in [6.07, 6.45) is 5.31. The summed E-state index contributed by atoms with van der Waals surface area (Å²) in [5.74, 6) is 0.712. The van der Waals surface area contributed by atoms with Crippen molar-refractivity contribution in [1.29, 1.82) is 0 Å². The van der Waals surface area contributed by atoms with Crippen molar-refractivity contribution in [3.63, 3.8) is 0 Å². The molecule has 27 heavy (non-hydrogen) atoms. The Bertz CT molecular complexity index is 878. The van der Waals surface area contributed by atoms with E-state index in [9.17, 15) is 9.59 Å². The minimum absolute atomic E-state index is 0.245. The van der Waals surface area contributed by atoms with Crippen LogP contribution in [0, 0.1) is 5.92 Å². The predicted molar refractivity (Wildman–Crippen MR) is 96.8 cm³/mol. The lowest BCUT2D eigenvalue weighted by molar-refractivity contribution is -0.152. The normalized spacial score (nSPS) is 35.2. The van der Waals surface area contributed by atoms with E-state index in [-0.39, 0.29) is 29.4 Å². The molecule has 1 spiro atoms. The molecule has 1 aromatic rings. The van der Waals surface area contributed by atoms with Gasteiger partial charge >= 0.3 is 11.9 Å². The van der Waals surface area contributed by atoms with E-state index in [0.29, 0.717) is 17.5 Å². The van der Waals surface area contributed by atoms with Gasteiger partial charge in [0, 0.05) is 36.8 Å². The van der Waals surface area contributed by atoms with Crippen molar-refractivity contribution in [2.75, 3.05) is 13.6 Å². The number of carbonyl (C=O) groups is 2. The molecule has 142 valence electrons. The van der Waals surface area contributed by atoms with E-state index in [1.807, 2.05) is 12.1 Å². The molecule has 2 heterocycles. The average Bonchev–Trinajstić information content (AvgIpc) is 2.95. The van der Waals surface area contributed by atoms with E-state index in [0.717, 1.165) is 24.9 Å². The highest BCUT2D eigenvalue weighted by molar-refractivity contribution is 5.73. The summed E-state index contributed by atoms with van der Waals surface area (Å²) in [4.78, 5) is 25.7. The summed E-state index contributed by atoms with van der Waals surface area (Å²) in [7, 11) is 2.17. The van der Waals surface area contributed by atoms with Gasteiger partial charge in [0.15, 0.2) is 17.6 Å². The van der Waals surface area contributed by atoms with Crippen LogP contribution in [0.15, 0.2) is 24.3 Å². The van der Waals surface area contributed by atoms with Gasteiger partial charge in [0.2, 0.25) is 0 Å². The Hall–Kier alpha value is -2.34. The molecule has 2 bridgehead atoms. The number of rotatable bonds is 2. The smallest absolute Gasteiger partial charge is 0.308 e. The van der Waals surface area contributed by atoms with Gasteiger partial charge in [0.05, 0.1) is 0 Å². The molecule has 1 saturated heterocycles. The fraction of sp³-hybridized carbons (Fsp3) is 0.524. The Morgan fingerprint density at radius 3 is 2.78 bits per heavy atom. The van der Waals surface area contributed by atoms with Gasteiger partial charge in [-0.05, 0) is 44.1 Å². The predicted octanol–water partition coefficient (Wildman–Crippen LogP) is 1.99. The summed E-state index contributed by atoms with van der Waals surface area (Å²) in [6.45, 7) is 3.77. The number of benzene rings is 1. The Morgan fingerprint density at radius 1 is 1.22 bits per heavy atom. The highest BCUT2D eigenvalue weighted by Crippen LogP contribution is 2.62. The van der Waals surface area contributed by atoms with Crippen molar-refractivity contribution in [3.8, 4) is 11.5 Å². The number of hydrogen-bond acceptors (Lipinski definition) is 6. The van der Waals surface area contributed by atoms with Crippen LogP contribution in [0.5, 0.6) is 11.5 Å². The van der Waals surface area contributed by atoms with E-state index in [1.165, 1.54) is 19.4 Å². The van der Waals surface area contributed by atoms with Crippen LogP contribution in [0.1, 0.15) is 31.4 Å². The van der Waals surface area contributed by atoms with Crippen LogP contribution in [0.3, 0.4) is 0 Å². The van der Waals surface area contributed by atoms with Crippen molar-refractivity contribution in [2.45, 2.75) is 50.4 Å². The number of hydrogen-bond donors (Lipinski definition) is 0. The van der Waals surface area contributed by atoms with Crippen molar-refractivity contribution in [1.82, 2.24) is 4.90 Å². The lowest BCUT2D eigenvalue weighted by atomic mass is 9.53. The maximum atomic E-state index is 11.7. The Kier molecular flexibility index (Phi) is 3.47. The molecule has 2 aliphatic carbocycles. The second kappa shape index (κ2) is 5.58. The fourth-order valence-corrected chi connectivity index (χ4v) is 5.74. The minimum atomic E-state index is -0.439. The van der Waals surface area contributed by atoms with Crippen LogP contribution < -0.4 is 9.47 Å². The van der Waals surface area contributed by atoms with Crippen LogP contribution in [-0.4, -0.2) is 48.7 Å². The molecule has 0 N–H and O–H groups in total. The molecule has 6 heteroatoms. The molecular formula is C21H23NO5. The van der Waals surface area contributed by atoms with Crippen LogP contribution in [0.25, 0.3) is 0 Å². The largest absolute Gasteiger partial charge is 0.481 e. The Balaban J connectivity index is 1.71. The molecule has 0 radical (unpaired) electrons. The molecule has 0 amide bonds. The summed E-state index contributed by atoms with van der Waals surface area (Å²) in [5, 5.41) is 0. The quantitative estimate of drug-likeness (QED) is 0.451.